The number of allylic oxidation sites excluding steroid dienone is 2. The fourth-order valence-corrected chi connectivity index (χ4v) is 10.5. The molecule has 0 spiro atoms. The fraction of sp³-hybridized carbons (Fsp3) is 0.171. The molecule has 0 saturated heterocycles. The zero-order chi connectivity index (χ0) is 26.8. The quantitative estimate of drug-likeness (QED) is 0.216. The molecule has 1 aliphatic heterocycles. The number of para-hydroxylation sites is 1. The lowest BCUT2D eigenvalue weighted by atomic mass is 9.93. The number of nitrogens with zero attached hydrogens (tertiary/aromatic N) is 4. The first-order valence-electron chi connectivity index (χ1n) is 14.3. The second kappa shape index (κ2) is 8.83. The smallest absolute Gasteiger partial charge is 0.238 e. The van der Waals surface area contributed by atoms with Crippen LogP contribution in [0.25, 0.3) is 56.1 Å². The molecule has 5 heteroatoms. The fourth-order valence-electron chi connectivity index (χ4n) is 6.95. The van der Waals surface area contributed by atoms with Crippen LogP contribution in [0, 0.1) is 0 Å². The van der Waals surface area contributed by atoms with Gasteiger partial charge in [-0.1, -0.05) is 103 Å². The van der Waals surface area contributed by atoms with E-state index in [0.29, 0.717) is 17.6 Å². The minimum Gasteiger partial charge on any atom is -0.278 e. The molecule has 0 unspecified atom stereocenters. The molecule has 0 atom stereocenters. The van der Waals surface area contributed by atoms with Crippen LogP contribution in [-0.2, 0) is 0 Å². The molecule has 0 radical (unpaired) electrons. The molecule has 1 aliphatic carbocycles. The highest BCUT2D eigenvalue weighted by Gasteiger charge is 2.40. The Kier molecular flexibility index (Phi) is 5.19. The Hall–Kier alpha value is -4.35. The number of rotatable bonds is 3. The second-order valence-electron chi connectivity index (χ2n) is 11.6. The molecule has 194 valence electrons. The van der Waals surface area contributed by atoms with Crippen molar-refractivity contribution in [1.82, 2.24) is 19.5 Å². The van der Waals surface area contributed by atoms with Gasteiger partial charge in [0, 0.05) is 21.9 Å². The van der Waals surface area contributed by atoms with Crippen LogP contribution in [0.3, 0.4) is 0 Å². The van der Waals surface area contributed by atoms with Crippen LogP contribution in [0.2, 0.25) is 13.1 Å². The largest absolute Gasteiger partial charge is 0.278 e. The van der Waals surface area contributed by atoms with Crippen LogP contribution < -0.4 is 5.19 Å². The highest BCUT2D eigenvalue weighted by atomic mass is 28.3. The van der Waals surface area contributed by atoms with Gasteiger partial charge in [0.15, 0.2) is 11.6 Å². The van der Waals surface area contributed by atoms with Gasteiger partial charge in [-0.15, -0.1) is 0 Å². The Balaban J connectivity index is 1.45. The molecule has 2 aromatic heterocycles. The predicted octanol–water partition coefficient (Wildman–Crippen LogP) is 8.10. The van der Waals surface area contributed by atoms with E-state index < -0.39 is 8.07 Å². The van der Waals surface area contributed by atoms with Crippen LogP contribution in [0.5, 0.6) is 0 Å². The van der Waals surface area contributed by atoms with Gasteiger partial charge in [0.1, 0.15) is 8.07 Å². The van der Waals surface area contributed by atoms with E-state index in [-0.39, 0.29) is 0 Å². The first-order chi connectivity index (χ1) is 19.6. The summed E-state index contributed by atoms with van der Waals surface area (Å²) in [7, 11) is -1.67. The van der Waals surface area contributed by atoms with E-state index in [9.17, 15) is 0 Å². The van der Waals surface area contributed by atoms with Crippen molar-refractivity contribution in [3.8, 4) is 28.7 Å². The van der Waals surface area contributed by atoms with Crippen molar-refractivity contribution in [2.45, 2.75) is 38.8 Å². The molecule has 6 aromatic rings. The highest BCUT2D eigenvalue weighted by molar-refractivity contribution is 6.98. The van der Waals surface area contributed by atoms with Gasteiger partial charge < -0.3 is 0 Å². The van der Waals surface area contributed by atoms with Crippen molar-refractivity contribution in [2.75, 3.05) is 0 Å². The standard InChI is InChI=1S/C35H30N4Si/c1-40(2)31-20-12-10-18-26(31)28-21-30-27(22-32(28)40)25-17-9-11-19-29(25)39(30)35-37-33(23-13-5-3-6-14-23)36-34(38-35)24-15-7-4-8-16-24/h3-9,11,13-17,19,21-22H,10,12,18,20H2,1-2H3. The maximum absolute atomic E-state index is 5.11. The Bertz CT molecular complexity index is 1910. The molecule has 0 fully saturated rings. The first kappa shape index (κ1) is 23.5. The minimum atomic E-state index is -1.67. The number of fused-ring (bicyclic) bond motifs is 5. The Morgan fingerprint density at radius 2 is 1.25 bits per heavy atom. The average molecular weight is 535 g/mol. The maximum atomic E-state index is 5.11. The van der Waals surface area contributed by atoms with E-state index in [2.05, 4.69) is 78.3 Å². The first-order valence-corrected chi connectivity index (χ1v) is 17.3. The Morgan fingerprint density at radius 3 is 1.95 bits per heavy atom. The van der Waals surface area contributed by atoms with Gasteiger partial charge in [0.25, 0.3) is 0 Å². The van der Waals surface area contributed by atoms with Crippen molar-refractivity contribution in [1.29, 1.82) is 0 Å². The molecule has 2 aliphatic rings. The second-order valence-corrected chi connectivity index (χ2v) is 16.0. The van der Waals surface area contributed by atoms with Crippen molar-refractivity contribution in [2.24, 2.45) is 0 Å². The van der Waals surface area contributed by atoms with E-state index in [4.69, 9.17) is 15.0 Å². The van der Waals surface area contributed by atoms with Crippen LogP contribution >= 0.6 is 0 Å². The summed E-state index contributed by atoms with van der Waals surface area (Å²) in [6, 6.07) is 34.1. The zero-order valence-corrected chi connectivity index (χ0v) is 23.9. The van der Waals surface area contributed by atoms with Gasteiger partial charge in [-0.3, -0.25) is 4.57 Å². The summed E-state index contributed by atoms with van der Waals surface area (Å²) in [4.78, 5) is 15.2. The maximum Gasteiger partial charge on any atom is 0.238 e. The van der Waals surface area contributed by atoms with E-state index in [1.807, 2.05) is 36.4 Å². The lowest BCUT2D eigenvalue weighted by Gasteiger charge is -2.24. The number of benzene rings is 4. The molecule has 0 amide bonds. The lowest BCUT2D eigenvalue weighted by molar-refractivity contribution is 0.733. The van der Waals surface area contributed by atoms with E-state index in [0.717, 1.165) is 16.6 Å². The Labute approximate surface area is 235 Å². The molecule has 8 rings (SSSR count). The lowest BCUT2D eigenvalue weighted by Crippen LogP contribution is -2.41. The summed E-state index contributed by atoms with van der Waals surface area (Å²) in [5, 5.41) is 5.91. The summed E-state index contributed by atoms with van der Waals surface area (Å²) in [6.45, 7) is 5.10. The molecule has 3 heterocycles. The SMILES string of the molecule is C[Si]1(C)C2=C(CCCC2)c2cc3c(cc21)c1ccccc1n3-c1nc(-c2ccccc2)nc(-c2ccccc2)n1. The van der Waals surface area contributed by atoms with Gasteiger partial charge in [0.2, 0.25) is 5.95 Å². The Morgan fingerprint density at radius 1 is 0.625 bits per heavy atom. The monoisotopic (exact) mass is 534 g/mol. The van der Waals surface area contributed by atoms with Gasteiger partial charge in [0.05, 0.1) is 11.0 Å². The molecule has 0 N–H and O–H groups in total. The summed E-state index contributed by atoms with van der Waals surface area (Å²) < 4.78 is 2.27. The molecular weight excluding hydrogens is 504 g/mol. The van der Waals surface area contributed by atoms with E-state index >= 15 is 0 Å². The average Bonchev–Trinajstić information content (AvgIpc) is 3.45. The number of hydrogen-bond donors (Lipinski definition) is 0. The van der Waals surface area contributed by atoms with Gasteiger partial charge >= 0.3 is 0 Å². The third kappa shape index (κ3) is 3.47. The summed E-state index contributed by atoms with van der Waals surface area (Å²) in [5.41, 5.74) is 7.37. The highest BCUT2D eigenvalue weighted by Crippen LogP contribution is 2.44. The molecule has 40 heavy (non-hydrogen) atoms. The van der Waals surface area contributed by atoms with Crippen LogP contribution in [0.15, 0.2) is 102 Å². The number of hydrogen-bond acceptors (Lipinski definition) is 3. The third-order valence-electron chi connectivity index (χ3n) is 8.92. The summed E-state index contributed by atoms with van der Waals surface area (Å²) in [5.74, 6) is 2.02. The summed E-state index contributed by atoms with van der Waals surface area (Å²) in [6.07, 6.45) is 5.08. The minimum absolute atomic E-state index is 0.659. The van der Waals surface area contributed by atoms with Crippen molar-refractivity contribution >= 4 is 40.6 Å². The molecule has 0 saturated carbocycles. The molecule has 4 aromatic carbocycles. The van der Waals surface area contributed by atoms with Crippen LogP contribution in [-0.4, -0.2) is 27.6 Å². The van der Waals surface area contributed by atoms with E-state index in [1.165, 1.54) is 47.5 Å². The van der Waals surface area contributed by atoms with Crippen molar-refractivity contribution < 1.29 is 0 Å². The predicted molar refractivity (Wildman–Crippen MR) is 168 cm³/mol. The van der Waals surface area contributed by atoms with Gasteiger partial charge in [-0.05, 0) is 54.1 Å². The van der Waals surface area contributed by atoms with Crippen molar-refractivity contribution in [3.05, 3.63) is 108 Å². The topological polar surface area (TPSA) is 43.6 Å². The van der Waals surface area contributed by atoms with Crippen molar-refractivity contribution in [3.63, 3.8) is 0 Å². The molecule has 0 bridgehead atoms. The molecular formula is C35H30N4Si. The molecule has 4 nitrogen and oxygen atoms in total. The normalized spacial score (nSPS) is 15.9. The van der Waals surface area contributed by atoms with Gasteiger partial charge in [-0.2, -0.15) is 9.97 Å². The van der Waals surface area contributed by atoms with Gasteiger partial charge in [-0.25, -0.2) is 4.98 Å². The van der Waals surface area contributed by atoms with Crippen LogP contribution in [0.4, 0.5) is 0 Å². The third-order valence-corrected chi connectivity index (χ3v) is 12.7. The van der Waals surface area contributed by atoms with E-state index in [1.54, 1.807) is 16.0 Å². The number of aromatic nitrogens is 4. The summed E-state index contributed by atoms with van der Waals surface area (Å²) >= 11 is 0. The zero-order valence-electron chi connectivity index (χ0n) is 22.9. The van der Waals surface area contributed by atoms with Crippen LogP contribution in [0.1, 0.15) is 31.2 Å².